The second-order valence-electron chi connectivity index (χ2n) is 3.82. The van der Waals surface area contributed by atoms with Crippen molar-refractivity contribution in [3.63, 3.8) is 0 Å². The first kappa shape index (κ1) is 14.5. The van der Waals surface area contributed by atoms with Crippen LogP contribution in [0.1, 0.15) is 18.1 Å². The van der Waals surface area contributed by atoms with Crippen LogP contribution in [0.5, 0.6) is 0 Å². The summed E-state index contributed by atoms with van der Waals surface area (Å²) in [6, 6.07) is 7.79. The summed E-state index contributed by atoms with van der Waals surface area (Å²) in [7, 11) is 3.61. The van der Waals surface area contributed by atoms with Gasteiger partial charge in [-0.15, -0.1) is 0 Å². The second kappa shape index (κ2) is 8.48. The molecule has 0 saturated carbocycles. The zero-order valence-electron chi connectivity index (χ0n) is 10.4. The molecule has 0 spiro atoms. The Morgan fingerprint density at radius 2 is 2.18 bits per heavy atom. The van der Waals surface area contributed by atoms with Crippen molar-refractivity contribution in [1.82, 2.24) is 5.32 Å². The van der Waals surface area contributed by atoms with Gasteiger partial charge in [0.05, 0.1) is 6.10 Å². The fourth-order valence-corrected chi connectivity index (χ4v) is 1.79. The fraction of sp³-hybridized carbons (Fsp3) is 0.538. The lowest BCUT2D eigenvalue weighted by molar-refractivity contribution is 0.0399. The number of rotatable bonds is 8. The van der Waals surface area contributed by atoms with E-state index in [1.807, 2.05) is 31.3 Å². The van der Waals surface area contributed by atoms with Crippen molar-refractivity contribution in [3.8, 4) is 0 Å². The van der Waals surface area contributed by atoms with E-state index in [0.717, 1.165) is 30.2 Å². The summed E-state index contributed by atoms with van der Waals surface area (Å²) in [5, 5.41) is 3.87. The number of hydrogen-bond acceptors (Lipinski definition) is 3. The molecule has 1 atom stereocenters. The molecule has 1 aromatic carbocycles. The Morgan fingerprint density at radius 1 is 1.35 bits per heavy atom. The monoisotopic (exact) mass is 257 g/mol. The van der Waals surface area contributed by atoms with Gasteiger partial charge in [-0.05, 0) is 31.2 Å². The van der Waals surface area contributed by atoms with E-state index in [2.05, 4.69) is 5.32 Å². The zero-order valence-corrected chi connectivity index (χ0v) is 11.2. The van der Waals surface area contributed by atoms with Crippen LogP contribution in [0.3, 0.4) is 0 Å². The van der Waals surface area contributed by atoms with Crippen molar-refractivity contribution in [2.75, 3.05) is 33.9 Å². The summed E-state index contributed by atoms with van der Waals surface area (Å²) in [4.78, 5) is 0. The lowest BCUT2D eigenvalue weighted by Gasteiger charge is -2.18. The van der Waals surface area contributed by atoms with E-state index in [9.17, 15) is 0 Å². The van der Waals surface area contributed by atoms with Gasteiger partial charge < -0.3 is 14.8 Å². The minimum Gasteiger partial charge on any atom is -0.385 e. The molecular formula is C13H20ClNO2. The Balaban J connectivity index is 2.52. The molecule has 1 unspecified atom stereocenters. The van der Waals surface area contributed by atoms with Crippen molar-refractivity contribution >= 4 is 11.6 Å². The van der Waals surface area contributed by atoms with Crippen molar-refractivity contribution in [2.45, 2.75) is 12.5 Å². The highest BCUT2D eigenvalue weighted by atomic mass is 35.5. The van der Waals surface area contributed by atoms with Crippen molar-refractivity contribution in [3.05, 3.63) is 34.9 Å². The molecule has 0 aliphatic heterocycles. The third kappa shape index (κ3) is 5.50. The van der Waals surface area contributed by atoms with Crippen LogP contribution in [0.15, 0.2) is 24.3 Å². The van der Waals surface area contributed by atoms with Gasteiger partial charge in [0, 0.05) is 31.9 Å². The third-order valence-electron chi connectivity index (χ3n) is 2.42. The highest BCUT2D eigenvalue weighted by Gasteiger charge is 2.11. The quantitative estimate of drug-likeness (QED) is 0.727. The summed E-state index contributed by atoms with van der Waals surface area (Å²) in [6.45, 7) is 2.18. The smallest absolute Gasteiger partial charge is 0.0949 e. The number of hydrogen-bond donors (Lipinski definition) is 1. The van der Waals surface area contributed by atoms with Crippen LogP contribution in [-0.4, -0.2) is 33.9 Å². The van der Waals surface area contributed by atoms with Crippen LogP contribution < -0.4 is 5.32 Å². The first-order valence-corrected chi connectivity index (χ1v) is 6.16. The van der Waals surface area contributed by atoms with E-state index in [-0.39, 0.29) is 6.10 Å². The lowest BCUT2D eigenvalue weighted by Crippen LogP contribution is -2.20. The Kier molecular flexibility index (Phi) is 7.21. The van der Waals surface area contributed by atoms with Crippen molar-refractivity contribution < 1.29 is 9.47 Å². The predicted molar refractivity (Wildman–Crippen MR) is 70.6 cm³/mol. The first-order chi connectivity index (χ1) is 8.27. The first-order valence-electron chi connectivity index (χ1n) is 5.78. The summed E-state index contributed by atoms with van der Waals surface area (Å²) >= 11 is 5.98. The molecular weight excluding hydrogens is 238 g/mol. The molecule has 0 amide bonds. The number of ether oxygens (including phenoxy) is 2. The number of benzene rings is 1. The highest BCUT2D eigenvalue weighted by Crippen LogP contribution is 2.20. The van der Waals surface area contributed by atoms with Gasteiger partial charge in [-0.25, -0.2) is 0 Å². The van der Waals surface area contributed by atoms with E-state index in [4.69, 9.17) is 21.1 Å². The lowest BCUT2D eigenvalue weighted by atomic mass is 10.1. The van der Waals surface area contributed by atoms with Crippen LogP contribution >= 0.6 is 11.6 Å². The molecule has 4 heteroatoms. The molecule has 0 radical (unpaired) electrons. The normalized spacial score (nSPS) is 12.6. The van der Waals surface area contributed by atoms with Gasteiger partial charge in [-0.2, -0.15) is 0 Å². The molecule has 0 bridgehead atoms. The van der Waals surface area contributed by atoms with Crippen LogP contribution in [-0.2, 0) is 9.47 Å². The van der Waals surface area contributed by atoms with Crippen LogP contribution in [0.25, 0.3) is 0 Å². The zero-order chi connectivity index (χ0) is 12.5. The minimum atomic E-state index is 0.0376. The number of likely N-dealkylation sites (N-methyl/N-ethyl adjacent to an activating group) is 1. The van der Waals surface area contributed by atoms with Crippen LogP contribution in [0.2, 0.25) is 5.02 Å². The third-order valence-corrected chi connectivity index (χ3v) is 2.66. The number of methoxy groups -OCH3 is 1. The molecule has 3 nitrogen and oxygen atoms in total. The summed E-state index contributed by atoms with van der Waals surface area (Å²) < 4.78 is 10.8. The van der Waals surface area contributed by atoms with Crippen molar-refractivity contribution in [2.24, 2.45) is 0 Å². The van der Waals surface area contributed by atoms with Gasteiger partial charge in [0.1, 0.15) is 0 Å². The molecule has 0 aromatic heterocycles. The highest BCUT2D eigenvalue weighted by molar-refractivity contribution is 6.30. The van der Waals surface area contributed by atoms with Crippen LogP contribution in [0, 0.1) is 0 Å². The number of halogens is 1. The molecule has 17 heavy (non-hydrogen) atoms. The molecule has 1 rings (SSSR count). The maximum absolute atomic E-state index is 5.98. The predicted octanol–water partition coefficient (Wildman–Crippen LogP) is 2.65. The maximum atomic E-state index is 5.98. The van der Waals surface area contributed by atoms with Gasteiger partial charge >= 0.3 is 0 Å². The topological polar surface area (TPSA) is 30.5 Å². The summed E-state index contributed by atoms with van der Waals surface area (Å²) in [5.74, 6) is 0. The molecule has 1 aromatic rings. The summed E-state index contributed by atoms with van der Waals surface area (Å²) in [6.07, 6.45) is 0.938. The van der Waals surface area contributed by atoms with E-state index >= 15 is 0 Å². The Morgan fingerprint density at radius 3 is 2.82 bits per heavy atom. The molecule has 0 fully saturated rings. The standard InChI is InChI=1S/C13H20ClNO2/c1-15-10-13(17-8-4-7-16-2)11-5-3-6-12(14)9-11/h3,5-6,9,13,15H,4,7-8,10H2,1-2H3. The largest absolute Gasteiger partial charge is 0.385 e. The Bertz CT molecular complexity index is 320. The van der Waals surface area contributed by atoms with Crippen LogP contribution in [0.4, 0.5) is 0 Å². The Hall–Kier alpha value is -0.610. The average molecular weight is 258 g/mol. The van der Waals surface area contributed by atoms with Gasteiger partial charge in [0.2, 0.25) is 0 Å². The van der Waals surface area contributed by atoms with E-state index in [1.165, 1.54) is 0 Å². The summed E-state index contributed by atoms with van der Waals surface area (Å²) in [5.41, 5.74) is 1.10. The number of nitrogens with one attached hydrogen (secondary N) is 1. The fourth-order valence-electron chi connectivity index (χ4n) is 1.59. The van der Waals surface area contributed by atoms with E-state index in [1.54, 1.807) is 7.11 Å². The van der Waals surface area contributed by atoms with Gasteiger partial charge in [-0.3, -0.25) is 0 Å². The molecule has 0 aliphatic rings. The molecule has 0 saturated heterocycles. The second-order valence-corrected chi connectivity index (χ2v) is 4.25. The molecule has 1 N–H and O–H groups in total. The van der Waals surface area contributed by atoms with Gasteiger partial charge in [0.15, 0.2) is 0 Å². The molecule has 0 aliphatic carbocycles. The van der Waals surface area contributed by atoms with Gasteiger partial charge in [0.25, 0.3) is 0 Å². The van der Waals surface area contributed by atoms with Gasteiger partial charge in [-0.1, -0.05) is 23.7 Å². The average Bonchev–Trinajstić information content (AvgIpc) is 2.33. The Labute approximate surface area is 108 Å². The maximum Gasteiger partial charge on any atom is 0.0949 e. The molecule has 0 heterocycles. The van der Waals surface area contributed by atoms with Crippen molar-refractivity contribution in [1.29, 1.82) is 0 Å². The van der Waals surface area contributed by atoms with E-state index < -0.39 is 0 Å². The minimum absolute atomic E-state index is 0.0376. The SMILES string of the molecule is CNCC(OCCCOC)c1cccc(Cl)c1. The van der Waals surface area contributed by atoms with E-state index in [0.29, 0.717) is 6.61 Å². The molecule has 96 valence electrons.